The van der Waals surface area contributed by atoms with E-state index in [0.29, 0.717) is 40.4 Å². The van der Waals surface area contributed by atoms with Crippen molar-refractivity contribution in [1.82, 2.24) is 4.90 Å². The number of carbonyl (C=O) groups excluding carboxylic acids is 1. The van der Waals surface area contributed by atoms with E-state index in [1.54, 1.807) is 42.5 Å². The lowest BCUT2D eigenvalue weighted by molar-refractivity contribution is -0.0436. The molecule has 0 amide bonds. The summed E-state index contributed by atoms with van der Waals surface area (Å²) >= 11 is 0.920. The monoisotopic (exact) mass is 849 g/mol. The van der Waals surface area contributed by atoms with Crippen molar-refractivity contribution in [2.24, 2.45) is 0 Å². The fourth-order valence-corrected chi connectivity index (χ4v) is 10.1. The zero-order valence-corrected chi connectivity index (χ0v) is 37.6. The average Bonchev–Trinajstić information content (AvgIpc) is 3.48. The summed E-state index contributed by atoms with van der Waals surface area (Å²) in [6.45, 7) is 24.5. The van der Waals surface area contributed by atoms with E-state index in [0.717, 1.165) is 37.0 Å². The standard InChI is InChI=1S/C41H54F3NO7S2Si2/c1-39(2,3)55(7,8)51-32-19-16-28(24-33(32)52-56(9,10)40(4,5)6)38-36(35-31(46)25-30(26-34(35)53-38)54(48,49)41(42,43)44)37(47)27-14-17-29(18-15-27)50-23-22-45-20-12-11-13-21-45/h14-19,24-26,46H,11-13,20-23H2,1-10H3. The van der Waals surface area contributed by atoms with Crippen LogP contribution >= 0.6 is 11.3 Å². The molecule has 56 heavy (non-hydrogen) atoms. The Hall–Kier alpha value is -3.38. The highest BCUT2D eigenvalue weighted by atomic mass is 32.2. The van der Waals surface area contributed by atoms with E-state index in [4.69, 9.17) is 13.6 Å². The number of carbonyl (C=O) groups is 1. The van der Waals surface area contributed by atoms with Gasteiger partial charge in [-0.2, -0.15) is 13.2 Å². The van der Waals surface area contributed by atoms with Crippen molar-refractivity contribution in [2.45, 2.75) is 107 Å². The SMILES string of the molecule is CC(C)(C)[Si](C)(C)Oc1ccc(-c2sc3cc(S(=O)(=O)C(F)(F)F)cc(O)c3c2C(=O)c2ccc(OCCN3CCCCC3)cc2)cc1O[Si](C)(C)C(C)(C)C. The van der Waals surface area contributed by atoms with Crippen molar-refractivity contribution in [3.63, 3.8) is 0 Å². The molecule has 4 aromatic rings. The first-order chi connectivity index (χ1) is 25.7. The molecule has 0 aliphatic carbocycles. The van der Waals surface area contributed by atoms with E-state index in [9.17, 15) is 31.5 Å². The minimum atomic E-state index is -5.81. The normalized spacial score (nSPS) is 15.2. The first kappa shape index (κ1) is 43.7. The molecule has 0 saturated carbocycles. The summed E-state index contributed by atoms with van der Waals surface area (Å²) in [5, 5.41) is 10.9. The van der Waals surface area contributed by atoms with Gasteiger partial charge in [0.25, 0.3) is 26.5 Å². The topological polar surface area (TPSA) is 102 Å². The van der Waals surface area contributed by atoms with Crippen LogP contribution in [-0.2, 0) is 9.84 Å². The summed E-state index contributed by atoms with van der Waals surface area (Å²) in [4.78, 5) is 16.1. The van der Waals surface area contributed by atoms with E-state index in [-0.39, 0.29) is 31.3 Å². The fourth-order valence-electron chi connectivity index (χ4n) is 5.88. The number of alkyl halides is 3. The second-order valence-electron chi connectivity index (χ2n) is 17.6. The number of phenolic OH excluding ortho intramolecular Hbond substituents is 1. The van der Waals surface area contributed by atoms with Crippen LogP contribution in [0, 0.1) is 0 Å². The van der Waals surface area contributed by atoms with Gasteiger partial charge in [0.15, 0.2) is 5.78 Å². The van der Waals surface area contributed by atoms with Crippen LogP contribution in [0.4, 0.5) is 13.2 Å². The number of hydrogen-bond acceptors (Lipinski definition) is 9. The third-order valence-corrected chi connectivity index (χ3v) is 22.7. The second-order valence-corrected chi connectivity index (χ2v) is 30.0. The number of benzene rings is 3. The van der Waals surface area contributed by atoms with E-state index in [2.05, 4.69) is 72.6 Å². The van der Waals surface area contributed by atoms with Gasteiger partial charge in [-0.1, -0.05) is 48.0 Å². The lowest BCUT2D eigenvalue weighted by Gasteiger charge is -2.39. The van der Waals surface area contributed by atoms with Gasteiger partial charge in [0.1, 0.15) is 29.6 Å². The molecular weight excluding hydrogens is 796 g/mol. The summed E-state index contributed by atoms with van der Waals surface area (Å²) < 4.78 is 85.7. The number of likely N-dealkylation sites (tertiary alicyclic amines) is 1. The van der Waals surface area contributed by atoms with Crippen molar-refractivity contribution in [2.75, 3.05) is 26.2 Å². The zero-order valence-electron chi connectivity index (χ0n) is 33.9. The molecule has 15 heteroatoms. The molecule has 1 aliphatic rings. The number of phenols is 1. The molecule has 8 nitrogen and oxygen atoms in total. The summed E-state index contributed by atoms with van der Waals surface area (Å²) in [7, 11) is -10.7. The quantitative estimate of drug-likeness (QED) is 0.111. The maximum Gasteiger partial charge on any atom is 0.501 e. The summed E-state index contributed by atoms with van der Waals surface area (Å²) in [5.41, 5.74) is -4.84. The minimum Gasteiger partial charge on any atom is -0.541 e. The van der Waals surface area contributed by atoms with Crippen LogP contribution in [0.3, 0.4) is 0 Å². The van der Waals surface area contributed by atoms with Crippen molar-refractivity contribution < 1.29 is 45.1 Å². The summed E-state index contributed by atoms with van der Waals surface area (Å²) in [6.07, 6.45) is 3.58. The van der Waals surface area contributed by atoms with Crippen LogP contribution in [-0.4, -0.2) is 72.6 Å². The smallest absolute Gasteiger partial charge is 0.501 e. The molecule has 0 bridgehead atoms. The van der Waals surface area contributed by atoms with Crippen molar-refractivity contribution in [3.8, 4) is 33.4 Å². The predicted molar refractivity (Wildman–Crippen MR) is 223 cm³/mol. The Morgan fingerprint density at radius 1 is 0.821 bits per heavy atom. The van der Waals surface area contributed by atoms with Gasteiger partial charge in [-0.25, -0.2) is 8.42 Å². The number of sulfone groups is 1. The number of aromatic hydroxyl groups is 1. The highest BCUT2D eigenvalue weighted by Gasteiger charge is 2.47. The van der Waals surface area contributed by atoms with Crippen LogP contribution in [0.2, 0.25) is 36.3 Å². The number of halogens is 3. The van der Waals surface area contributed by atoms with Gasteiger partial charge >= 0.3 is 5.51 Å². The van der Waals surface area contributed by atoms with E-state index >= 15 is 0 Å². The lowest BCUT2D eigenvalue weighted by Crippen LogP contribution is -2.45. The molecule has 0 radical (unpaired) electrons. The van der Waals surface area contributed by atoms with Gasteiger partial charge in [0.2, 0.25) is 0 Å². The third kappa shape index (κ3) is 9.17. The maximum absolute atomic E-state index is 14.6. The number of hydrogen-bond donors (Lipinski definition) is 1. The van der Waals surface area contributed by atoms with Crippen LogP contribution in [0.5, 0.6) is 23.0 Å². The van der Waals surface area contributed by atoms with Gasteiger partial charge in [0, 0.05) is 27.1 Å². The van der Waals surface area contributed by atoms with E-state index in [1.165, 1.54) is 19.3 Å². The molecule has 306 valence electrons. The highest BCUT2D eigenvalue weighted by molar-refractivity contribution is 7.92. The molecule has 1 aliphatic heterocycles. The Balaban J connectivity index is 1.65. The number of rotatable bonds is 12. The van der Waals surface area contributed by atoms with E-state index < -0.39 is 48.4 Å². The average molecular weight is 850 g/mol. The Bertz CT molecular complexity index is 2180. The molecule has 1 N–H and O–H groups in total. The maximum atomic E-state index is 14.6. The molecule has 2 heterocycles. The fraction of sp³-hybridized carbons (Fsp3) is 0.488. The number of nitrogens with zero attached hydrogens (tertiary/aromatic N) is 1. The first-order valence-corrected chi connectivity index (χ1v) is 27.0. The first-order valence-electron chi connectivity index (χ1n) is 18.9. The molecule has 0 atom stereocenters. The molecule has 0 unspecified atom stereocenters. The lowest BCUT2D eigenvalue weighted by atomic mass is 9.97. The van der Waals surface area contributed by atoms with Gasteiger partial charge in [0.05, 0.1) is 10.5 Å². The minimum absolute atomic E-state index is 0.00249. The van der Waals surface area contributed by atoms with Crippen molar-refractivity contribution in [1.29, 1.82) is 0 Å². The van der Waals surface area contributed by atoms with Crippen LogP contribution in [0.1, 0.15) is 76.7 Å². The molecule has 3 aromatic carbocycles. The van der Waals surface area contributed by atoms with Crippen molar-refractivity contribution in [3.05, 3.63) is 65.7 Å². The number of thiophene rings is 1. The molecule has 1 fully saturated rings. The van der Waals surface area contributed by atoms with Gasteiger partial charge in [-0.15, -0.1) is 11.3 Å². The largest absolute Gasteiger partial charge is 0.541 e. The molecule has 1 aromatic heterocycles. The molecule has 1 saturated heterocycles. The second kappa shape index (κ2) is 15.8. The number of ketones is 1. The number of ether oxygens (including phenoxy) is 1. The number of piperidine rings is 1. The Morgan fingerprint density at radius 2 is 1.39 bits per heavy atom. The van der Waals surface area contributed by atoms with Crippen LogP contribution < -0.4 is 13.6 Å². The van der Waals surface area contributed by atoms with Crippen molar-refractivity contribution >= 4 is 53.7 Å². The van der Waals surface area contributed by atoms with Crippen LogP contribution in [0.15, 0.2) is 59.5 Å². The van der Waals surface area contributed by atoms with E-state index in [1.807, 2.05) is 0 Å². The number of fused-ring (bicyclic) bond motifs is 1. The zero-order chi connectivity index (χ0) is 41.6. The highest BCUT2D eigenvalue weighted by Crippen LogP contribution is 2.49. The summed E-state index contributed by atoms with van der Waals surface area (Å²) in [5.74, 6) is 0.302. The van der Waals surface area contributed by atoms with Gasteiger partial charge in [-0.3, -0.25) is 9.69 Å². The third-order valence-electron chi connectivity index (χ3n) is 11.4. The predicted octanol–water partition coefficient (Wildman–Crippen LogP) is 11.4. The molecular formula is C41H54F3NO7S2Si2. The van der Waals surface area contributed by atoms with Gasteiger partial charge in [-0.05, 0) is 122 Å². The Kier molecular flexibility index (Phi) is 12.3. The van der Waals surface area contributed by atoms with Crippen LogP contribution in [0.25, 0.3) is 20.5 Å². The Morgan fingerprint density at radius 3 is 1.95 bits per heavy atom. The molecule has 0 spiro atoms. The molecule has 5 rings (SSSR count). The Labute approximate surface area is 335 Å². The van der Waals surface area contributed by atoms with Gasteiger partial charge < -0.3 is 18.7 Å². The summed E-state index contributed by atoms with van der Waals surface area (Å²) in [6, 6.07) is 13.3.